The Morgan fingerprint density at radius 3 is 2.52 bits per heavy atom. The summed E-state index contributed by atoms with van der Waals surface area (Å²) in [6.07, 6.45) is 2.11. The molecule has 0 bridgehead atoms. The van der Waals surface area contributed by atoms with Gasteiger partial charge in [-0.3, -0.25) is 0 Å². The first-order valence-corrected chi connectivity index (χ1v) is 7.70. The number of nitriles is 1. The van der Waals surface area contributed by atoms with Gasteiger partial charge in [0.25, 0.3) is 0 Å². The Labute approximate surface area is 141 Å². The van der Waals surface area contributed by atoms with E-state index < -0.39 is 0 Å². The minimum Gasteiger partial charge on any atom is -0.358 e. The van der Waals surface area contributed by atoms with Crippen molar-refractivity contribution >= 4 is 23.3 Å². The van der Waals surface area contributed by atoms with Gasteiger partial charge in [-0.15, -0.1) is 12.4 Å². The standard InChI is InChI=1S/C19H17N3.ClH/c20-12-13-4-6-14(7-5-13)15-2-1-3-18-19(15)16-8-10-21-11-9-17(16)22-18;/h1-7,21-22H,8-11H2;1H. The maximum Gasteiger partial charge on any atom is 0.0991 e. The van der Waals surface area contributed by atoms with Crippen LogP contribution in [0.4, 0.5) is 0 Å². The highest BCUT2D eigenvalue weighted by Crippen LogP contribution is 2.34. The van der Waals surface area contributed by atoms with Crippen molar-refractivity contribution in [2.45, 2.75) is 12.8 Å². The lowest BCUT2D eigenvalue weighted by atomic mass is 9.96. The Morgan fingerprint density at radius 2 is 1.74 bits per heavy atom. The van der Waals surface area contributed by atoms with Crippen LogP contribution in [0.15, 0.2) is 42.5 Å². The Bertz CT molecular complexity index is 872. The molecule has 2 aromatic carbocycles. The molecule has 0 radical (unpaired) electrons. The molecule has 23 heavy (non-hydrogen) atoms. The van der Waals surface area contributed by atoms with E-state index in [9.17, 15) is 0 Å². The summed E-state index contributed by atoms with van der Waals surface area (Å²) in [6.45, 7) is 2.06. The Balaban J connectivity index is 0.00000156. The van der Waals surface area contributed by atoms with E-state index in [1.54, 1.807) is 0 Å². The molecule has 0 spiro atoms. The van der Waals surface area contributed by atoms with E-state index in [0.717, 1.165) is 25.9 Å². The van der Waals surface area contributed by atoms with Gasteiger partial charge in [0, 0.05) is 29.6 Å². The van der Waals surface area contributed by atoms with Crippen LogP contribution in [0.1, 0.15) is 16.8 Å². The van der Waals surface area contributed by atoms with Gasteiger partial charge in [0.05, 0.1) is 11.6 Å². The van der Waals surface area contributed by atoms with E-state index in [-0.39, 0.29) is 12.4 Å². The first-order chi connectivity index (χ1) is 10.9. The number of nitrogens with zero attached hydrogens (tertiary/aromatic N) is 1. The molecule has 1 aromatic heterocycles. The third kappa shape index (κ3) is 2.72. The van der Waals surface area contributed by atoms with Gasteiger partial charge in [0.2, 0.25) is 0 Å². The van der Waals surface area contributed by atoms with Crippen molar-refractivity contribution in [3.8, 4) is 17.2 Å². The summed E-state index contributed by atoms with van der Waals surface area (Å²) in [5.41, 5.74) is 7.15. The highest BCUT2D eigenvalue weighted by Gasteiger charge is 2.16. The molecule has 0 saturated carbocycles. The fraction of sp³-hybridized carbons (Fsp3) is 0.211. The summed E-state index contributed by atoms with van der Waals surface area (Å²) in [7, 11) is 0. The summed E-state index contributed by atoms with van der Waals surface area (Å²) in [5.74, 6) is 0. The van der Waals surface area contributed by atoms with E-state index in [1.807, 2.05) is 24.3 Å². The van der Waals surface area contributed by atoms with Crippen LogP contribution < -0.4 is 5.32 Å². The minimum atomic E-state index is 0. The molecule has 2 heterocycles. The van der Waals surface area contributed by atoms with Crippen LogP contribution in [-0.4, -0.2) is 18.1 Å². The number of aromatic amines is 1. The highest BCUT2D eigenvalue weighted by molar-refractivity contribution is 5.98. The molecule has 1 aliphatic heterocycles. The number of benzene rings is 2. The topological polar surface area (TPSA) is 51.6 Å². The van der Waals surface area contributed by atoms with Crippen LogP contribution in [0.3, 0.4) is 0 Å². The van der Waals surface area contributed by atoms with Gasteiger partial charge in [0.15, 0.2) is 0 Å². The van der Waals surface area contributed by atoms with Gasteiger partial charge in [-0.25, -0.2) is 0 Å². The lowest BCUT2D eigenvalue weighted by Crippen LogP contribution is -2.16. The van der Waals surface area contributed by atoms with Crippen LogP contribution in [0.25, 0.3) is 22.0 Å². The molecule has 2 N–H and O–H groups in total. The number of fused-ring (bicyclic) bond motifs is 3. The zero-order chi connectivity index (χ0) is 14.9. The average molecular weight is 324 g/mol. The van der Waals surface area contributed by atoms with Crippen molar-refractivity contribution in [3.05, 3.63) is 59.3 Å². The third-order valence-corrected chi connectivity index (χ3v) is 4.44. The molecule has 1 aliphatic rings. The average Bonchev–Trinajstić information content (AvgIpc) is 2.76. The van der Waals surface area contributed by atoms with E-state index in [2.05, 4.69) is 34.6 Å². The summed E-state index contributed by atoms with van der Waals surface area (Å²) in [5, 5.41) is 13.8. The number of hydrogen-bond donors (Lipinski definition) is 2. The zero-order valence-corrected chi connectivity index (χ0v) is 13.5. The largest absolute Gasteiger partial charge is 0.358 e. The van der Waals surface area contributed by atoms with Crippen molar-refractivity contribution in [2.75, 3.05) is 13.1 Å². The van der Waals surface area contributed by atoms with Gasteiger partial charge in [0.1, 0.15) is 0 Å². The van der Waals surface area contributed by atoms with Crippen molar-refractivity contribution in [3.63, 3.8) is 0 Å². The van der Waals surface area contributed by atoms with Crippen molar-refractivity contribution in [1.29, 1.82) is 5.26 Å². The molecule has 0 aliphatic carbocycles. The smallest absolute Gasteiger partial charge is 0.0991 e. The van der Waals surface area contributed by atoms with Gasteiger partial charge < -0.3 is 10.3 Å². The highest BCUT2D eigenvalue weighted by atomic mass is 35.5. The predicted octanol–water partition coefficient (Wildman–Crippen LogP) is 3.82. The van der Waals surface area contributed by atoms with Gasteiger partial charge in [-0.1, -0.05) is 24.3 Å². The number of halogens is 1. The lowest BCUT2D eigenvalue weighted by molar-refractivity contribution is 0.708. The molecule has 3 aromatic rings. The summed E-state index contributed by atoms with van der Waals surface area (Å²) < 4.78 is 0. The number of aromatic nitrogens is 1. The summed E-state index contributed by atoms with van der Waals surface area (Å²) in [6, 6.07) is 16.5. The maximum absolute atomic E-state index is 8.97. The van der Waals surface area contributed by atoms with E-state index >= 15 is 0 Å². The van der Waals surface area contributed by atoms with Crippen LogP contribution in [-0.2, 0) is 12.8 Å². The molecule has 0 saturated heterocycles. The van der Waals surface area contributed by atoms with Crippen molar-refractivity contribution < 1.29 is 0 Å². The van der Waals surface area contributed by atoms with Gasteiger partial charge in [-0.05, 0) is 47.9 Å². The third-order valence-electron chi connectivity index (χ3n) is 4.44. The molecule has 3 nitrogen and oxygen atoms in total. The molecule has 0 unspecified atom stereocenters. The van der Waals surface area contributed by atoms with E-state index in [4.69, 9.17) is 5.26 Å². The molecule has 4 rings (SSSR count). The molecule has 0 atom stereocenters. The fourth-order valence-electron chi connectivity index (χ4n) is 3.38. The number of nitrogens with one attached hydrogen (secondary N) is 2. The molecular weight excluding hydrogens is 306 g/mol. The van der Waals surface area contributed by atoms with Crippen LogP contribution in [0.2, 0.25) is 0 Å². The van der Waals surface area contributed by atoms with E-state index in [1.165, 1.54) is 33.3 Å². The molecule has 4 heteroatoms. The predicted molar refractivity (Wildman–Crippen MR) is 96.0 cm³/mol. The molecule has 0 fully saturated rings. The fourth-order valence-corrected chi connectivity index (χ4v) is 3.38. The maximum atomic E-state index is 8.97. The number of hydrogen-bond acceptors (Lipinski definition) is 2. The monoisotopic (exact) mass is 323 g/mol. The first-order valence-electron chi connectivity index (χ1n) is 7.70. The Kier molecular flexibility index (Phi) is 4.38. The summed E-state index contributed by atoms with van der Waals surface area (Å²) in [4.78, 5) is 3.60. The van der Waals surface area contributed by atoms with Crippen LogP contribution in [0, 0.1) is 11.3 Å². The van der Waals surface area contributed by atoms with Crippen molar-refractivity contribution in [2.24, 2.45) is 0 Å². The Morgan fingerprint density at radius 1 is 0.957 bits per heavy atom. The zero-order valence-electron chi connectivity index (χ0n) is 12.7. The SMILES string of the molecule is Cl.N#Cc1ccc(-c2cccc3[nH]c4c(c23)CCNCC4)cc1. The quantitative estimate of drug-likeness (QED) is 0.715. The second kappa shape index (κ2) is 6.45. The Hall–Kier alpha value is -2.28. The first kappa shape index (κ1) is 15.6. The second-order valence-corrected chi connectivity index (χ2v) is 5.75. The minimum absolute atomic E-state index is 0. The van der Waals surface area contributed by atoms with Crippen LogP contribution >= 0.6 is 12.4 Å². The van der Waals surface area contributed by atoms with Crippen molar-refractivity contribution in [1.82, 2.24) is 10.3 Å². The summed E-state index contributed by atoms with van der Waals surface area (Å²) >= 11 is 0. The number of rotatable bonds is 1. The van der Waals surface area contributed by atoms with E-state index in [0.29, 0.717) is 5.56 Å². The molecular formula is C19H18ClN3. The second-order valence-electron chi connectivity index (χ2n) is 5.75. The van der Waals surface area contributed by atoms with Crippen LogP contribution in [0.5, 0.6) is 0 Å². The van der Waals surface area contributed by atoms with Gasteiger partial charge >= 0.3 is 0 Å². The lowest BCUT2D eigenvalue weighted by Gasteiger charge is -2.07. The number of H-pyrrole nitrogens is 1. The van der Waals surface area contributed by atoms with Gasteiger partial charge in [-0.2, -0.15) is 5.26 Å². The molecule has 0 amide bonds. The normalized spacial score (nSPS) is 13.7. The molecule has 116 valence electrons.